The number of ether oxygens (including phenoxy) is 1. The van der Waals surface area contributed by atoms with Gasteiger partial charge in [0.05, 0.1) is 6.42 Å². The fraction of sp³-hybridized carbons (Fsp3) is 0.250. The standard InChI is InChI=1S/C12H14N2O5/c1-13-12(18)14-10(15)7-19-9-5-3-2-4-8(9)6-11(16)17/h2-5H,6-7H2,1H3,(H,16,17)(H2,13,14,15,18). The van der Waals surface area contributed by atoms with Crippen molar-refractivity contribution in [1.82, 2.24) is 10.6 Å². The van der Waals surface area contributed by atoms with E-state index in [0.29, 0.717) is 11.3 Å². The molecule has 0 saturated carbocycles. The van der Waals surface area contributed by atoms with E-state index in [0.717, 1.165) is 0 Å². The van der Waals surface area contributed by atoms with Crippen molar-refractivity contribution in [3.05, 3.63) is 29.8 Å². The number of carboxylic acid groups (broad SMARTS) is 1. The van der Waals surface area contributed by atoms with Crippen LogP contribution in [0.2, 0.25) is 0 Å². The molecule has 1 aromatic rings. The highest BCUT2D eigenvalue weighted by Crippen LogP contribution is 2.18. The van der Waals surface area contributed by atoms with Gasteiger partial charge in [-0.25, -0.2) is 4.79 Å². The number of urea groups is 1. The molecular weight excluding hydrogens is 252 g/mol. The smallest absolute Gasteiger partial charge is 0.321 e. The highest BCUT2D eigenvalue weighted by molar-refractivity contribution is 5.94. The Kier molecular flexibility index (Phi) is 5.34. The summed E-state index contributed by atoms with van der Waals surface area (Å²) in [6.45, 7) is -0.371. The second-order valence-corrected chi connectivity index (χ2v) is 3.59. The van der Waals surface area contributed by atoms with Crippen LogP contribution in [0.1, 0.15) is 5.56 Å². The number of rotatable bonds is 5. The monoisotopic (exact) mass is 266 g/mol. The Labute approximate surface area is 109 Å². The number of carbonyl (C=O) groups is 3. The lowest BCUT2D eigenvalue weighted by molar-refractivity contribution is -0.136. The number of carbonyl (C=O) groups excluding carboxylic acids is 2. The van der Waals surface area contributed by atoms with E-state index >= 15 is 0 Å². The Morgan fingerprint density at radius 2 is 1.95 bits per heavy atom. The molecule has 0 unspecified atom stereocenters. The molecule has 102 valence electrons. The Morgan fingerprint density at radius 3 is 2.58 bits per heavy atom. The van der Waals surface area contributed by atoms with E-state index in [4.69, 9.17) is 9.84 Å². The predicted octanol–water partition coefficient (Wildman–Crippen LogP) is 0.148. The van der Waals surface area contributed by atoms with Crippen molar-refractivity contribution >= 4 is 17.9 Å². The van der Waals surface area contributed by atoms with Crippen LogP contribution in [0.3, 0.4) is 0 Å². The first kappa shape index (κ1) is 14.5. The van der Waals surface area contributed by atoms with Crippen LogP contribution in [0.15, 0.2) is 24.3 Å². The molecule has 0 aromatic heterocycles. The van der Waals surface area contributed by atoms with Crippen LogP contribution in [0.4, 0.5) is 4.79 Å². The Balaban J connectivity index is 2.60. The van der Waals surface area contributed by atoms with Crippen LogP contribution in [-0.2, 0) is 16.0 Å². The van der Waals surface area contributed by atoms with Gasteiger partial charge >= 0.3 is 12.0 Å². The molecule has 0 saturated heterocycles. The number of amides is 3. The fourth-order valence-corrected chi connectivity index (χ4v) is 1.32. The van der Waals surface area contributed by atoms with Gasteiger partial charge in [0.1, 0.15) is 5.75 Å². The van der Waals surface area contributed by atoms with Gasteiger partial charge in [-0.3, -0.25) is 14.9 Å². The largest absolute Gasteiger partial charge is 0.483 e. The van der Waals surface area contributed by atoms with E-state index in [-0.39, 0.29) is 13.0 Å². The number of nitrogens with one attached hydrogen (secondary N) is 2. The lowest BCUT2D eigenvalue weighted by Gasteiger charge is -2.09. The van der Waals surface area contributed by atoms with Crippen LogP contribution in [0.25, 0.3) is 0 Å². The minimum absolute atomic E-state index is 0.201. The number of para-hydroxylation sites is 1. The highest BCUT2D eigenvalue weighted by Gasteiger charge is 2.10. The second kappa shape index (κ2) is 7.00. The number of benzene rings is 1. The molecule has 0 atom stereocenters. The maximum absolute atomic E-state index is 11.3. The minimum atomic E-state index is -0.995. The first-order valence-electron chi connectivity index (χ1n) is 5.47. The van der Waals surface area contributed by atoms with Crippen molar-refractivity contribution in [3.63, 3.8) is 0 Å². The maximum Gasteiger partial charge on any atom is 0.321 e. The lowest BCUT2D eigenvalue weighted by atomic mass is 10.1. The zero-order valence-corrected chi connectivity index (χ0v) is 10.3. The Hall–Kier alpha value is -2.57. The van der Waals surface area contributed by atoms with Crippen molar-refractivity contribution in [1.29, 1.82) is 0 Å². The average Bonchev–Trinajstić information content (AvgIpc) is 2.37. The molecule has 1 rings (SSSR count). The summed E-state index contributed by atoms with van der Waals surface area (Å²) in [7, 11) is 1.38. The van der Waals surface area contributed by atoms with Crippen molar-refractivity contribution in [3.8, 4) is 5.75 Å². The summed E-state index contributed by atoms with van der Waals surface area (Å²) >= 11 is 0. The molecule has 7 nitrogen and oxygen atoms in total. The molecule has 19 heavy (non-hydrogen) atoms. The lowest BCUT2D eigenvalue weighted by Crippen LogP contribution is -2.40. The molecule has 0 heterocycles. The zero-order valence-electron chi connectivity index (χ0n) is 10.3. The quantitative estimate of drug-likeness (QED) is 0.703. The number of carboxylic acids is 1. The number of imide groups is 1. The average molecular weight is 266 g/mol. The first-order chi connectivity index (χ1) is 9.02. The second-order valence-electron chi connectivity index (χ2n) is 3.59. The third-order valence-electron chi connectivity index (χ3n) is 2.15. The molecule has 3 N–H and O–H groups in total. The molecule has 0 aliphatic rings. The Bertz CT molecular complexity index is 487. The van der Waals surface area contributed by atoms with Gasteiger partial charge in [-0.15, -0.1) is 0 Å². The SMILES string of the molecule is CNC(=O)NC(=O)COc1ccccc1CC(=O)O. The van der Waals surface area contributed by atoms with E-state index in [1.54, 1.807) is 24.3 Å². The van der Waals surface area contributed by atoms with Crippen molar-refractivity contribution in [2.24, 2.45) is 0 Å². The molecule has 7 heteroatoms. The van der Waals surface area contributed by atoms with Crippen LogP contribution < -0.4 is 15.4 Å². The van der Waals surface area contributed by atoms with Gasteiger partial charge in [-0.2, -0.15) is 0 Å². The molecule has 0 aliphatic carbocycles. The zero-order chi connectivity index (χ0) is 14.3. The first-order valence-corrected chi connectivity index (χ1v) is 5.47. The summed E-state index contributed by atoms with van der Waals surface area (Å²) in [6, 6.07) is 5.87. The van der Waals surface area contributed by atoms with Crippen molar-refractivity contribution in [2.75, 3.05) is 13.7 Å². The van der Waals surface area contributed by atoms with Gasteiger partial charge < -0.3 is 15.2 Å². The van der Waals surface area contributed by atoms with Crippen LogP contribution >= 0.6 is 0 Å². The van der Waals surface area contributed by atoms with E-state index in [2.05, 4.69) is 5.32 Å². The molecule has 0 spiro atoms. The molecular formula is C12H14N2O5. The number of hydrogen-bond donors (Lipinski definition) is 3. The Morgan fingerprint density at radius 1 is 1.26 bits per heavy atom. The van der Waals surface area contributed by atoms with Crippen LogP contribution in [-0.4, -0.2) is 36.7 Å². The van der Waals surface area contributed by atoms with E-state index in [1.807, 2.05) is 5.32 Å². The van der Waals surface area contributed by atoms with Crippen molar-refractivity contribution < 1.29 is 24.2 Å². The third kappa shape index (κ3) is 5.07. The van der Waals surface area contributed by atoms with E-state index in [9.17, 15) is 14.4 Å². The van der Waals surface area contributed by atoms with Gasteiger partial charge in [0.25, 0.3) is 5.91 Å². The highest BCUT2D eigenvalue weighted by atomic mass is 16.5. The van der Waals surface area contributed by atoms with Gasteiger partial charge in [0.15, 0.2) is 6.61 Å². The van der Waals surface area contributed by atoms with E-state index < -0.39 is 17.9 Å². The molecule has 3 amide bonds. The molecule has 0 radical (unpaired) electrons. The predicted molar refractivity (Wildman–Crippen MR) is 65.9 cm³/mol. The summed E-state index contributed by atoms with van der Waals surface area (Å²) in [5.74, 6) is -1.31. The summed E-state index contributed by atoms with van der Waals surface area (Å²) < 4.78 is 5.19. The summed E-state index contributed by atoms with van der Waals surface area (Å²) in [6.07, 6.45) is -0.201. The number of hydrogen-bond acceptors (Lipinski definition) is 4. The third-order valence-corrected chi connectivity index (χ3v) is 2.15. The van der Waals surface area contributed by atoms with E-state index in [1.165, 1.54) is 7.05 Å². The minimum Gasteiger partial charge on any atom is -0.483 e. The maximum atomic E-state index is 11.3. The van der Waals surface area contributed by atoms with Crippen LogP contribution in [0, 0.1) is 0 Å². The molecule has 0 fully saturated rings. The number of aliphatic carboxylic acids is 1. The summed E-state index contributed by atoms with van der Waals surface area (Å²) in [5.41, 5.74) is 0.461. The van der Waals surface area contributed by atoms with Gasteiger partial charge in [-0.1, -0.05) is 18.2 Å². The normalized spacial score (nSPS) is 9.53. The summed E-state index contributed by atoms with van der Waals surface area (Å²) in [5, 5.41) is 13.0. The van der Waals surface area contributed by atoms with Crippen molar-refractivity contribution in [2.45, 2.75) is 6.42 Å². The molecule has 1 aromatic carbocycles. The van der Waals surface area contributed by atoms with Crippen LogP contribution in [0.5, 0.6) is 5.75 Å². The van der Waals surface area contributed by atoms with Gasteiger partial charge in [-0.05, 0) is 6.07 Å². The fourth-order valence-electron chi connectivity index (χ4n) is 1.32. The van der Waals surface area contributed by atoms with Gasteiger partial charge in [0, 0.05) is 12.6 Å². The topological polar surface area (TPSA) is 105 Å². The summed E-state index contributed by atoms with van der Waals surface area (Å²) in [4.78, 5) is 32.8. The molecule has 0 bridgehead atoms. The molecule has 0 aliphatic heterocycles. The van der Waals surface area contributed by atoms with Gasteiger partial charge in [0.2, 0.25) is 0 Å².